The fraction of sp³-hybridized carbons (Fsp3) is 0. The Morgan fingerprint density at radius 2 is 0.862 bits per heavy atom. The van der Waals surface area contributed by atoms with Crippen LogP contribution in [0.1, 0.15) is 46.6 Å². The normalized spacial score (nSPS) is 19.7. The Morgan fingerprint density at radius 3 is 1.47 bits per heavy atom. The first kappa shape index (κ1) is 13.6. The topological polar surface area (TPSA) is 55.1 Å². The molecular formula is C53H34N4O. The molecule has 2 heterocycles. The van der Waals surface area contributed by atoms with Gasteiger partial charge in [0.15, 0.2) is 17.5 Å². The van der Waals surface area contributed by atoms with E-state index in [-0.39, 0.29) is 0 Å². The fourth-order valence-electron chi connectivity index (χ4n) is 5.83. The zero-order chi connectivity index (χ0) is 68.0. The fourth-order valence-corrected chi connectivity index (χ4v) is 5.83. The van der Waals surface area contributed by atoms with Crippen molar-refractivity contribution in [2.75, 3.05) is 4.90 Å². The van der Waals surface area contributed by atoms with Crippen molar-refractivity contribution >= 4 is 60.5 Å². The Balaban J connectivity index is 1.25. The molecule has 2 aromatic heterocycles. The third-order valence-corrected chi connectivity index (χ3v) is 8.39. The number of furan rings is 1. The van der Waals surface area contributed by atoms with E-state index in [1.165, 1.54) is 0 Å². The lowest BCUT2D eigenvalue weighted by atomic mass is 10.0. The van der Waals surface area contributed by atoms with E-state index in [1.54, 1.807) is 0 Å². The van der Waals surface area contributed by atoms with Crippen molar-refractivity contribution in [1.29, 1.82) is 0 Å². The number of nitrogens with zero attached hydrogens (tertiary/aromatic N) is 4. The molecule has 0 spiro atoms. The molecule has 5 heteroatoms. The quantitative estimate of drug-likeness (QED) is 0.161. The minimum absolute atomic E-state index is 0.366. The number of para-hydroxylation sites is 2. The number of rotatable bonds is 7. The largest absolute Gasteiger partial charge is 0.456 e. The van der Waals surface area contributed by atoms with Gasteiger partial charge >= 0.3 is 0 Å². The molecule has 5 nitrogen and oxygen atoms in total. The molecule has 0 N–H and O–H groups in total. The number of hydrogen-bond acceptors (Lipinski definition) is 5. The maximum Gasteiger partial charge on any atom is 0.164 e. The molecule has 0 bridgehead atoms. The number of hydrogen-bond donors (Lipinski definition) is 0. The van der Waals surface area contributed by atoms with Crippen molar-refractivity contribution in [2.24, 2.45) is 0 Å². The zero-order valence-corrected chi connectivity index (χ0v) is 28.7. The molecular weight excluding hydrogens is 709 g/mol. The van der Waals surface area contributed by atoms with Gasteiger partial charge in [-0.15, -0.1) is 0 Å². The van der Waals surface area contributed by atoms with Crippen LogP contribution in [0.5, 0.6) is 0 Å². The molecule has 0 fully saturated rings. The first-order valence-electron chi connectivity index (χ1n) is 33.7. The summed E-state index contributed by atoms with van der Waals surface area (Å²) in [7, 11) is 0. The first-order valence-corrected chi connectivity index (χ1v) is 16.7. The van der Waals surface area contributed by atoms with Crippen molar-refractivity contribution in [3.8, 4) is 45.3 Å². The monoisotopic (exact) mass is 776 g/mol. The van der Waals surface area contributed by atoms with Crippen LogP contribution in [0.15, 0.2) is 210 Å². The molecule has 272 valence electrons. The second-order valence-corrected chi connectivity index (χ2v) is 11.8. The third-order valence-electron chi connectivity index (χ3n) is 8.39. The molecule has 0 aliphatic carbocycles. The summed E-state index contributed by atoms with van der Waals surface area (Å²) in [6.07, 6.45) is 0. The van der Waals surface area contributed by atoms with Crippen LogP contribution >= 0.6 is 0 Å². The lowest BCUT2D eigenvalue weighted by Gasteiger charge is -2.25. The van der Waals surface area contributed by atoms with Gasteiger partial charge in [-0.3, -0.25) is 0 Å². The van der Waals surface area contributed by atoms with Gasteiger partial charge in [-0.2, -0.15) is 0 Å². The molecule has 0 saturated carbocycles. The van der Waals surface area contributed by atoms with Crippen LogP contribution in [0.4, 0.5) is 17.1 Å². The van der Waals surface area contributed by atoms with E-state index in [9.17, 15) is 16.4 Å². The highest BCUT2D eigenvalue weighted by Gasteiger charge is 2.19. The van der Waals surface area contributed by atoms with Gasteiger partial charge in [-0.1, -0.05) is 139 Å². The van der Waals surface area contributed by atoms with Crippen molar-refractivity contribution in [3.05, 3.63) is 205 Å². The summed E-state index contributed by atoms with van der Waals surface area (Å²) in [4.78, 5) is 13.6. The van der Waals surface area contributed by atoms with E-state index in [1.807, 2.05) is 0 Å². The summed E-state index contributed by atoms with van der Waals surface area (Å²) in [6, 6.07) is -34.0. The molecule has 0 aliphatic rings. The Morgan fingerprint density at radius 1 is 0.362 bits per heavy atom. The van der Waals surface area contributed by atoms with E-state index in [4.69, 9.17) is 34.6 Å². The minimum atomic E-state index is -1.24. The lowest BCUT2D eigenvalue weighted by molar-refractivity contribution is 0.669. The summed E-state index contributed by atoms with van der Waals surface area (Å²) >= 11 is 0. The Labute approximate surface area is 382 Å². The molecule has 0 amide bonds. The van der Waals surface area contributed by atoms with E-state index in [2.05, 4.69) is 15.0 Å². The standard InChI is InChI=1S/C53H34N4O/c1-3-16-43(17-4-1)57(44-18-5-2-6-19-44)45-29-26-37(27-30-45)40-28-31-46-49(34-40)58-48-21-11-20-47(50(46)48)53-55-51(41-24-22-35-12-7-9-14-38(35)32-41)54-52(56-53)42-25-23-36-13-8-10-15-39(36)33-42/h1-34H/i1D,2D,3D,4D,5D,6D,7D,8D,9D,10D,11D,12D,13D,14D,15D,16D,17D,18D,19D,20D,21D,22D,23D,24D,25D,26D,27D,28D,29D,30D,31D,32D,33D,34D. The number of anilines is 3. The van der Waals surface area contributed by atoms with E-state index < -0.39 is 311 Å². The number of aromatic nitrogens is 3. The Hall–Kier alpha value is -7.89. The average Bonchev–Trinajstić information content (AvgIpc) is 1.30. The van der Waals surface area contributed by atoms with Crippen molar-refractivity contribution in [1.82, 2.24) is 15.0 Å². The predicted molar refractivity (Wildman–Crippen MR) is 239 cm³/mol. The van der Waals surface area contributed by atoms with Gasteiger partial charge in [0.05, 0.1) is 46.6 Å². The Kier molecular flexibility index (Phi) is 3.29. The van der Waals surface area contributed by atoms with Gasteiger partial charge in [-0.25, -0.2) is 15.0 Å². The van der Waals surface area contributed by atoms with Crippen molar-refractivity contribution in [2.45, 2.75) is 0 Å². The smallest absolute Gasteiger partial charge is 0.164 e. The van der Waals surface area contributed by atoms with Crippen LogP contribution in [-0.4, -0.2) is 15.0 Å². The highest BCUT2D eigenvalue weighted by Crippen LogP contribution is 2.40. The minimum Gasteiger partial charge on any atom is -0.456 e. The van der Waals surface area contributed by atoms with Gasteiger partial charge in [0, 0.05) is 44.5 Å². The van der Waals surface area contributed by atoms with Gasteiger partial charge in [-0.05, 0) is 99.1 Å². The van der Waals surface area contributed by atoms with Crippen LogP contribution in [0.25, 0.3) is 88.8 Å². The Bertz CT molecular complexity index is 5010. The van der Waals surface area contributed by atoms with Crippen LogP contribution in [-0.2, 0) is 0 Å². The summed E-state index contributed by atoms with van der Waals surface area (Å²) in [5.41, 5.74) is -8.99. The predicted octanol–water partition coefficient (Wildman–Crippen LogP) is 14.2. The second kappa shape index (κ2) is 14.0. The highest BCUT2D eigenvalue weighted by molar-refractivity contribution is 6.12. The maximum atomic E-state index is 9.63. The third kappa shape index (κ3) is 6.03. The molecule has 0 atom stereocenters. The lowest BCUT2D eigenvalue weighted by Crippen LogP contribution is -2.09. The summed E-state index contributed by atoms with van der Waals surface area (Å²) in [5, 5.41) is -3.79. The van der Waals surface area contributed by atoms with Crippen LogP contribution in [0.2, 0.25) is 0 Å². The molecule has 11 rings (SSSR count). The van der Waals surface area contributed by atoms with Crippen LogP contribution in [0, 0.1) is 0 Å². The highest BCUT2D eigenvalue weighted by atomic mass is 16.3. The maximum absolute atomic E-state index is 9.63. The van der Waals surface area contributed by atoms with Gasteiger partial charge in [0.1, 0.15) is 11.2 Å². The molecule has 0 unspecified atom stereocenters. The van der Waals surface area contributed by atoms with Crippen LogP contribution < -0.4 is 4.90 Å². The van der Waals surface area contributed by atoms with Gasteiger partial charge in [0.25, 0.3) is 0 Å². The molecule has 0 aliphatic heterocycles. The van der Waals surface area contributed by atoms with Crippen molar-refractivity contribution < 1.29 is 51.0 Å². The van der Waals surface area contributed by atoms with Gasteiger partial charge in [0.2, 0.25) is 0 Å². The first-order chi connectivity index (χ1) is 42.9. The molecule has 9 aromatic carbocycles. The van der Waals surface area contributed by atoms with E-state index in [0.717, 1.165) is 0 Å². The second-order valence-electron chi connectivity index (χ2n) is 11.8. The molecule has 0 saturated heterocycles. The number of benzene rings is 9. The SMILES string of the molecule is [2H]c1c([2H])c([2H])c(N(c2c([2H])c([2H])c([2H])c([2H])c2[2H])c2c([2H])c([2H])c(-c3c([2H])c([2H])c4c(oc5c([2H])c([2H])c([2H])c(-c6nc(-c7c([2H])c([2H])c8c([2H])c([2H])c([2H])c([2H])c8c7[2H])nc(-c7c([2H])c([2H])c8c([2H])c([2H])c([2H])c([2H])c8c7[2H])n6)c54)c3[2H])c([2H])c2[2H])c([2H])c1[2H]. The van der Waals surface area contributed by atoms with E-state index in [0.29, 0.717) is 4.90 Å². The summed E-state index contributed by atoms with van der Waals surface area (Å²) < 4.78 is 309. The molecule has 0 radical (unpaired) electrons. The van der Waals surface area contributed by atoms with E-state index >= 15 is 0 Å². The molecule has 11 aromatic rings. The van der Waals surface area contributed by atoms with Gasteiger partial charge < -0.3 is 9.32 Å². The zero-order valence-electron chi connectivity index (χ0n) is 62.7. The summed E-state index contributed by atoms with van der Waals surface area (Å²) in [5.74, 6) is -2.75. The van der Waals surface area contributed by atoms with Crippen molar-refractivity contribution in [3.63, 3.8) is 0 Å². The molecule has 58 heavy (non-hydrogen) atoms. The number of fused-ring (bicyclic) bond motifs is 5. The summed E-state index contributed by atoms with van der Waals surface area (Å²) in [6.45, 7) is 0. The van der Waals surface area contributed by atoms with Crippen LogP contribution in [0.3, 0.4) is 0 Å². The average molecular weight is 777 g/mol.